The Morgan fingerprint density at radius 1 is 1.26 bits per heavy atom. The minimum atomic E-state index is -0.748. The Morgan fingerprint density at radius 3 is 2.83 bits per heavy atom. The third-order valence-electron chi connectivity index (χ3n) is 3.63. The summed E-state index contributed by atoms with van der Waals surface area (Å²) in [6, 6.07) is 11.3. The van der Waals surface area contributed by atoms with Gasteiger partial charge in [-0.15, -0.1) is 11.3 Å². The highest BCUT2D eigenvalue weighted by atomic mass is 32.1. The molecule has 6 nitrogen and oxygen atoms in total. The van der Waals surface area contributed by atoms with E-state index in [4.69, 9.17) is 10.5 Å². The van der Waals surface area contributed by atoms with Gasteiger partial charge in [-0.25, -0.2) is 4.79 Å². The van der Waals surface area contributed by atoms with Crippen molar-refractivity contribution < 1.29 is 14.3 Å². The fraction of sp³-hybridized carbons (Fsp3) is 0.250. The molecule has 3 rings (SSSR count). The van der Waals surface area contributed by atoms with Gasteiger partial charge in [0.1, 0.15) is 0 Å². The molecule has 1 aliphatic rings. The first-order valence-electron chi connectivity index (χ1n) is 7.25. The first-order valence-corrected chi connectivity index (χ1v) is 8.13. The van der Waals surface area contributed by atoms with Crippen LogP contribution in [0.5, 0.6) is 0 Å². The Morgan fingerprint density at radius 2 is 2.09 bits per heavy atom. The lowest BCUT2D eigenvalue weighted by Crippen LogP contribution is -2.51. The van der Waals surface area contributed by atoms with Crippen molar-refractivity contribution >= 4 is 29.0 Å². The van der Waals surface area contributed by atoms with Gasteiger partial charge in [0.2, 0.25) is 5.91 Å². The number of nitrogens with two attached hydrogens (primary N) is 1. The number of hydrogen-bond acceptors (Lipinski definition) is 4. The molecule has 120 valence electrons. The van der Waals surface area contributed by atoms with Crippen molar-refractivity contribution in [1.29, 1.82) is 0 Å². The Kier molecular flexibility index (Phi) is 4.59. The van der Waals surface area contributed by atoms with Crippen LogP contribution in [0.2, 0.25) is 0 Å². The summed E-state index contributed by atoms with van der Waals surface area (Å²) < 4.78 is 5.26. The zero-order valence-electron chi connectivity index (χ0n) is 12.4. The number of morpholine rings is 1. The van der Waals surface area contributed by atoms with Gasteiger partial charge in [0, 0.05) is 17.0 Å². The summed E-state index contributed by atoms with van der Waals surface area (Å²) in [6.45, 7) is 0.896. The third kappa shape index (κ3) is 3.52. The molecule has 1 fully saturated rings. The zero-order valence-corrected chi connectivity index (χ0v) is 13.2. The van der Waals surface area contributed by atoms with Gasteiger partial charge in [-0.2, -0.15) is 0 Å². The summed E-state index contributed by atoms with van der Waals surface area (Å²) in [4.78, 5) is 26.3. The van der Waals surface area contributed by atoms with Crippen molar-refractivity contribution in [2.24, 2.45) is 5.73 Å². The molecule has 7 heteroatoms. The summed E-state index contributed by atoms with van der Waals surface area (Å²) in [6.07, 6.45) is -0.748. The zero-order chi connectivity index (χ0) is 16.2. The number of nitrogens with one attached hydrogen (secondary N) is 1. The summed E-state index contributed by atoms with van der Waals surface area (Å²) in [5.41, 5.74) is 6.96. The summed E-state index contributed by atoms with van der Waals surface area (Å²) in [5.74, 6) is -0.554. The number of anilines is 1. The molecule has 0 radical (unpaired) electrons. The molecule has 0 bridgehead atoms. The first-order chi connectivity index (χ1) is 11.1. The molecule has 0 unspecified atom stereocenters. The van der Waals surface area contributed by atoms with Crippen molar-refractivity contribution in [3.63, 3.8) is 0 Å². The van der Waals surface area contributed by atoms with Crippen LogP contribution in [0.15, 0.2) is 41.8 Å². The van der Waals surface area contributed by atoms with Crippen LogP contribution in [0, 0.1) is 0 Å². The molecule has 1 aromatic heterocycles. The number of primary amides is 1. The van der Waals surface area contributed by atoms with Crippen molar-refractivity contribution in [3.05, 3.63) is 41.8 Å². The van der Waals surface area contributed by atoms with E-state index >= 15 is 0 Å². The van der Waals surface area contributed by atoms with Crippen LogP contribution in [0.4, 0.5) is 10.5 Å². The number of hydrogen-bond donors (Lipinski definition) is 2. The minimum absolute atomic E-state index is 0.169. The van der Waals surface area contributed by atoms with E-state index in [9.17, 15) is 9.59 Å². The number of carbonyl (C=O) groups excluding carboxylic acids is 2. The fourth-order valence-electron chi connectivity index (χ4n) is 2.44. The number of carbonyl (C=O) groups is 2. The Hall–Kier alpha value is -2.38. The largest absolute Gasteiger partial charge is 0.367 e. The number of urea groups is 1. The Bertz CT molecular complexity index is 702. The summed E-state index contributed by atoms with van der Waals surface area (Å²) >= 11 is 1.61. The van der Waals surface area contributed by atoms with Crippen molar-refractivity contribution in [2.75, 3.05) is 25.0 Å². The lowest BCUT2D eigenvalue weighted by atomic mass is 10.1. The van der Waals surface area contributed by atoms with Crippen molar-refractivity contribution in [1.82, 2.24) is 4.90 Å². The van der Waals surface area contributed by atoms with Crippen LogP contribution in [-0.4, -0.2) is 42.6 Å². The van der Waals surface area contributed by atoms with Gasteiger partial charge in [0.05, 0.1) is 18.8 Å². The fourth-order valence-corrected chi connectivity index (χ4v) is 3.20. The lowest BCUT2D eigenvalue weighted by Gasteiger charge is -2.31. The normalized spacial score (nSPS) is 17.7. The van der Waals surface area contributed by atoms with Gasteiger partial charge in [-0.1, -0.05) is 24.3 Å². The SMILES string of the molecule is NC(=O)[C@H]1CN(C(=O)Nc2ccccc2-c2cccs2)CCO1. The standard InChI is InChI=1S/C16H17N3O3S/c17-15(20)13-10-19(7-8-22-13)16(21)18-12-5-2-1-4-11(12)14-6-3-9-23-14/h1-6,9,13H,7-8,10H2,(H2,17,20)(H,18,21)/t13-/m1/s1. The minimum Gasteiger partial charge on any atom is -0.367 e. The van der Waals surface area contributed by atoms with E-state index in [-0.39, 0.29) is 12.6 Å². The van der Waals surface area contributed by atoms with Crippen LogP contribution in [-0.2, 0) is 9.53 Å². The summed E-state index contributed by atoms with van der Waals surface area (Å²) in [5, 5.41) is 4.91. The average molecular weight is 331 g/mol. The maximum atomic E-state index is 12.5. The monoisotopic (exact) mass is 331 g/mol. The lowest BCUT2D eigenvalue weighted by molar-refractivity contribution is -0.133. The van der Waals surface area contributed by atoms with Gasteiger partial charge in [-0.3, -0.25) is 4.79 Å². The van der Waals surface area contributed by atoms with Gasteiger partial charge in [-0.05, 0) is 17.5 Å². The van der Waals surface area contributed by atoms with Gasteiger partial charge < -0.3 is 20.7 Å². The van der Waals surface area contributed by atoms with E-state index in [1.807, 2.05) is 41.8 Å². The molecule has 0 aliphatic carbocycles. The molecule has 1 saturated heterocycles. The Balaban J connectivity index is 1.75. The molecule has 0 saturated carbocycles. The number of benzene rings is 1. The molecular formula is C16H17N3O3S. The predicted molar refractivity (Wildman–Crippen MR) is 89.3 cm³/mol. The number of amides is 3. The van der Waals surface area contributed by atoms with E-state index < -0.39 is 12.0 Å². The van der Waals surface area contributed by atoms with Gasteiger partial charge in [0.15, 0.2) is 6.10 Å². The van der Waals surface area contributed by atoms with Crippen LogP contribution >= 0.6 is 11.3 Å². The average Bonchev–Trinajstić information content (AvgIpc) is 3.09. The van der Waals surface area contributed by atoms with E-state index in [0.29, 0.717) is 13.2 Å². The van der Waals surface area contributed by atoms with Crippen LogP contribution in [0.1, 0.15) is 0 Å². The third-order valence-corrected chi connectivity index (χ3v) is 4.53. The maximum absolute atomic E-state index is 12.5. The predicted octanol–water partition coefficient (Wildman–Crippen LogP) is 2.13. The molecule has 23 heavy (non-hydrogen) atoms. The molecule has 2 aromatic rings. The highest BCUT2D eigenvalue weighted by Gasteiger charge is 2.28. The quantitative estimate of drug-likeness (QED) is 0.903. The number of nitrogens with zero attached hydrogens (tertiary/aromatic N) is 1. The van der Waals surface area contributed by atoms with E-state index in [0.717, 1.165) is 16.1 Å². The molecule has 1 aromatic carbocycles. The Labute approximate surface area is 137 Å². The van der Waals surface area contributed by atoms with Crippen molar-refractivity contribution in [3.8, 4) is 10.4 Å². The van der Waals surface area contributed by atoms with Crippen LogP contribution in [0.25, 0.3) is 10.4 Å². The second-order valence-corrected chi connectivity index (χ2v) is 6.11. The van der Waals surface area contributed by atoms with E-state index in [1.54, 1.807) is 16.2 Å². The maximum Gasteiger partial charge on any atom is 0.322 e. The van der Waals surface area contributed by atoms with Crippen LogP contribution < -0.4 is 11.1 Å². The van der Waals surface area contributed by atoms with E-state index in [1.165, 1.54) is 0 Å². The highest BCUT2D eigenvalue weighted by Crippen LogP contribution is 2.31. The number of thiophene rings is 1. The molecule has 2 heterocycles. The second kappa shape index (κ2) is 6.80. The molecule has 1 atom stereocenters. The molecule has 1 aliphatic heterocycles. The highest BCUT2D eigenvalue weighted by molar-refractivity contribution is 7.13. The molecule has 3 amide bonds. The second-order valence-electron chi connectivity index (χ2n) is 5.16. The topological polar surface area (TPSA) is 84.7 Å². The smallest absolute Gasteiger partial charge is 0.322 e. The van der Waals surface area contributed by atoms with E-state index in [2.05, 4.69) is 5.32 Å². The number of rotatable bonds is 3. The summed E-state index contributed by atoms with van der Waals surface area (Å²) in [7, 11) is 0. The number of para-hydroxylation sites is 1. The van der Waals surface area contributed by atoms with Crippen molar-refractivity contribution in [2.45, 2.75) is 6.10 Å². The van der Waals surface area contributed by atoms with Gasteiger partial charge >= 0.3 is 6.03 Å². The molecule has 0 spiro atoms. The number of ether oxygens (including phenoxy) is 1. The van der Waals surface area contributed by atoms with Gasteiger partial charge in [0.25, 0.3) is 0 Å². The van der Waals surface area contributed by atoms with Crippen LogP contribution in [0.3, 0.4) is 0 Å². The first kappa shape index (κ1) is 15.5. The molecular weight excluding hydrogens is 314 g/mol. The molecule has 3 N–H and O–H groups in total.